The van der Waals surface area contributed by atoms with Crippen molar-refractivity contribution in [1.29, 1.82) is 0 Å². The first-order chi connectivity index (χ1) is 9.33. The normalized spacial score (nSPS) is 16.5. The average Bonchev–Trinajstić information content (AvgIpc) is 3.03. The van der Waals surface area contributed by atoms with Crippen LogP contribution in [0.2, 0.25) is 0 Å². The van der Waals surface area contributed by atoms with E-state index in [-0.39, 0.29) is 0 Å². The summed E-state index contributed by atoms with van der Waals surface area (Å²) in [7, 11) is 0. The molecule has 0 aliphatic heterocycles. The predicted molar refractivity (Wildman–Crippen MR) is 81.5 cm³/mol. The van der Waals surface area contributed by atoms with Gasteiger partial charge in [0.15, 0.2) is 0 Å². The molecule has 3 rings (SSSR count). The largest absolute Gasteiger partial charge is 0.346 e. The van der Waals surface area contributed by atoms with Crippen LogP contribution in [-0.4, -0.2) is 17.7 Å². The maximum atomic E-state index is 3.62. The van der Waals surface area contributed by atoms with Crippen LogP contribution in [0.15, 0.2) is 30.5 Å². The molecule has 0 radical (unpaired) electrons. The van der Waals surface area contributed by atoms with Crippen LogP contribution < -0.4 is 5.32 Å². The van der Waals surface area contributed by atoms with Gasteiger partial charge < -0.3 is 9.88 Å². The zero-order valence-corrected chi connectivity index (χ0v) is 11.9. The molecule has 0 bridgehead atoms. The van der Waals surface area contributed by atoms with Gasteiger partial charge >= 0.3 is 0 Å². The molecule has 1 heterocycles. The van der Waals surface area contributed by atoms with Crippen molar-refractivity contribution in [3.63, 3.8) is 0 Å². The lowest BCUT2D eigenvalue weighted by Crippen LogP contribution is -2.25. The molecule has 0 atom stereocenters. The number of nitrogens with one attached hydrogen (secondary N) is 1. The number of hydrogen-bond acceptors (Lipinski definition) is 1. The zero-order valence-electron chi connectivity index (χ0n) is 11.9. The van der Waals surface area contributed by atoms with Crippen molar-refractivity contribution < 1.29 is 0 Å². The monoisotopic (exact) mass is 256 g/mol. The fourth-order valence-corrected chi connectivity index (χ4v) is 3.23. The summed E-state index contributed by atoms with van der Waals surface area (Å²) < 4.78 is 2.36. The van der Waals surface area contributed by atoms with E-state index in [1.807, 2.05) is 0 Å². The Morgan fingerprint density at radius 1 is 1.21 bits per heavy atom. The van der Waals surface area contributed by atoms with Gasteiger partial charge in [0.25, 0.3) is 0 Å². The van der Waals surface area contributed by atoms with Crippen LogP contribution >= 0.6 is 0 Å². The van der Waals surface area contributed by atoms with E-state index in [2.05, 4.69) is 47.3 Å². The first kappa shape index (κ1) is 12.7. The van der Waals surface area contributed by atoms with Gasteiger partial charge in [-0.25, -0.2) is 0 Å². The van der Waals surface area contributed by atoms with Crippen molar-refractivity contribution in [3.05, 3.63) is 36.0 Å². The second-order valence-corrected chi connectivity index (χ2v) is 5.93. The molecule has 102 valence electrons. The van der Waals surface area contributed by atoms with E-state index in [1.165, 1.54) is 48.7 Å². The lowest BCUT2D eigenvalue weighted by molar-refractivity contribution is 0.478. The molecule has 1 aliphatic rings. The number of rotatable bonds is 5. The third-order valence-electron chi connectivity index (χ3n) is 4.36. The molecule has 1 aromatic carbocycles. The summed E-state index contributed by atoms with van der Waals surface area (Å²) in [6.45, 7) is 5.51. The highest BCUT2D eigenvalue weighted by Gasteiger charge is 2.13. The van der Waals surface area contributed by atoms with E-state index in [4.69, 9.17) is 0 Å². The molecule has 2 heteroatoms. The van der Waals surface area contributed by atoms with Crippen LogP contribution in [-0.2, 0) is 6.54 Å². The fourth-order valence-electron chi connectivity index (χ4n) is 3.23. The number of fused-ring (bicyclic) bond motifs is 1. The minimum Gasteiger partial charge on any atom is -0.346 e. The summed E-state index contributed by atoms with van der Waals surface area (Å²) in [6.07, 6.45) is 7.95. The summed E-state index contributed by atoms with van der Waals surface area (Å²) in [5, 5.41) is 4.98. The van der Waals surface area contributed by atoms with Gasteiger partial charge in [-0.1, -0.05) is 24.5 Å². The molecule has 0 saturated heterocycles. The van der Waals surface area contributed by atoms with Gasteiger partial charge in [0, 0.05) is 24.8 Å². The molecule has 0 amide bonds. The second kappa shape index (κ2) is 5.79. The van der Waals surface area contributed by atoms with Crippen LogP contribution in [0.1, 0.15) is 31.2 Å². The smallest absolute Gasteiger partial charge is 0.0480 e. The molecule has 1 fully saturated rings. The van der Waals surface area contributed by atoms with Crippen molar-refractivity contribution in [2.75, 3.05) is 13.1 Å². The molecular weight excluding hydrogens is 232 g/mol. The fraction of sp³-hybridized carbons (Fsp3) is 0.529. The molecule has 1 saturated carbocycles. The Labute approximate surface area is 115 Å². The lowest BCUT2D eigenvalue weighted by atomic mass is 10.1. The van der Waals surface area contributed by atoms with Gasteiger partial charge in [-0.05, 0) is 55.8 Å². The van der Waals surface area contributed by atoms with Crippen molar-refractivity contribution in [2.45, 2.75) is 39.2 Å². The third-order valence-corrected chi connectivity index (χ3v) is 4.36. The van der Waals surface area contributed by atoms with E-state index in [9.17, 15) is 0 Å². The Hall–Kier alpha value is -1.28. The Morgan fingerprint density at radius 2 is 2.05 bits per heavy atom. The van der Waals surface area contributed by atoms with E-state index < -0.39 is 0 Å². The first-order valence-electron chi connectivity index (χ1n) is 7.59. The number of nitrogens with zero attached hydrogens (tertiary/aromatic N) is 1. The quantitative estimate of drug-likeness (QED) is 0.807. The highest BCUT2D eigenvalue weighted by molar-refractivity contribution is 5.80. The highest BCUT2D eigenvalue weighted by atomic mass is 15.0. The SMILES string of the molecule is Cc1ccc2c(ccn2CCNCC2CCCC2)c1. The lowest BCUT2D eigenvalue weighted by Gasteiger charge is -2.11. The summed E-state index contributed by atoms with van der Waals surface area (Å²) in [5.41, 5.74) is 2.69. The topological polar surface area (TPSA) is 17.0 Å². The summed E-state index contributed by atoms with van der Waals surface area (Å²) >= 11 is 0. The third kappa shape index (κ3) is 3.01. The Bertz CT molecular complexity index is 535. The van der Waals surface area contributed by atoms with Crippen LogP contribution in [0.3, 0.4) is 0 Å². The van der Waals surface area contributed by atoms with Crippen LogP contribution in [0.4, 0.5) is 0 Å². The maximum Gasteiger partial charge on any atom is 0.0480 e. The molecule has 1 N–H and O–H groups in total. The zero-order chi connectivity index (χ0) is 13.1. The van der Waals surface area contributed by atoms with Gasteiger partial charge in [-0.2, -0.15) is 0 Å². The van der Waals surface area contributed by atoms with Gasteiger partial charge in [-0.3, -0.25) is 0 Å². The molecule has 0 spiro atoms. The summed E-state index contributed by atoms with van der Waals surface area (Å²) in [6, 6.07) is 8.92. The molecule has 2 aromatic rings. The number of hydrogen-bond donors (Lipinski definition) is 1. The maximum absolute atomic E-state index is 3.62. The van der Waals surface area contributed by atoms with E-state index in [0.717, 1.165) is 19.0 Å². The minimum absolute atomic E-state index is 0.934. The Balaban J connectivity index is 1.53. The van der Waals surface area contributed by atoms with Gasteiger partial charge in [0.1, 0.15) is 0 Å². The minimum atomic E-state index is 0.934. The molecule has 1 aromatic heterocycles. The van der Waals surface area contributed by atoms with E-state index in [1.54, 1.807) is 0 Å². The second-order valence-electron chi connectivity index (χ2n) is 5.93. The molecule has 1 aliphatic carbocycles. The van der Waals surface area contributed by atoms with Crippen LogP contribution in [0.5, 0.6) is 0 Å². The first-order valence-corrected chi connectivity index (χ1v) is 7.59. The van der Waals surface area contributed by atoms with Crippen molar-refractivity contribution in [2.24, 2.45) is 5.92 Å². The van der Waals surface area contributed by atoms with Gasteiger partial charge in [-0.15, -0.1) is 0 Å². The molecular formula is C17H24N2. The highest BCUT2D eigenvalue weighted by Crippen LogP contribution is 2.23. The number of benzene rings is 1. The van der Waals surface area contributed by atoms with Crippen molar-refractivity contribution in [1.82, 2.24) is 9.88 Å². The van der Waals surface area contributed by atoms with Gasteiger partial charge in [0.05, 0.1) is 0 Å². The van der Waals surface area contributed by atoms with Crippen molar-refractivity contribution in [3.8, 4) is 0 Å². The number of aromatic nitrogens is 1. The standard InChI is InChI=1S/C17H24N2/c1-14-6-7-17-16(12-14)8-10-19(17)11-9-18-13-15-4-2-3-5-15/h6-8,10,12,15,18H,2-5,9,11,13H2,1H3. The average molecular weight is 256 g/mol. The molecule has 19 heavy (non-hydrogen) atoms. The molecule has 0 unspecified atom stereocenters. The summed E-state index contributed by atoms with van der Waals surface area (Å²) in [5.74, 6) is 0.934. The predicted octanol–water partition coefficient (Wildman–Crippen LogP) is 3.73. The van der Waals surface area contributed by atoms with Crippen LogP contribution in [0.25, 0.3) is 10.9 Å². The Kier molecular flexibility index (Phi) is 3.88. The van der Waals surface area contributed by atoms with Crippen LogP contribution in [0, 0.1) is 12.8 Å². The number of aryl methyl sites for hydroxylation is 1. The summed E-state index contributed by atoms with van der Waals surface area (Å²) in [4.78, 5) is 0. The molecule has 2 nitrogen and oxygen atoms in total. The van der Waals surface area contributed by atoms with E-state index >= 15 is 0 Å². The van der Waals surface area contributed by atoms with Crippen molar-refractivity contribution >= 4 is 10.9 Å². The van der Waals surface area contributed by atoms with E-state index in [0.29, 0.717) is 0 Å². The Morgan fingerprint density at radius 3 is 2.89 bits per heavy atom. The van der Waals surface area contributed by atoms with Gasteiger partial charge in [0.2, 0.25) is 0 Å².